The fraction of sp³-hybridized carbons (Fsp3) is 0.235. The van der Waals surface area contributed by atoms with Crippen molar-refractivity contribution in [3.05, 3.63) is 41.7 Å². The molecule has 0 unspecified atom stereocenters. The van der Waals surface area contributed by atoms with Gasteiger partial charge in [-0.05, 0) is 26.0 Å². The van der Waals surface area contributed by atoms with E-state index in [1.807, 2.05) is 6.07 Å². The Morgan fingerprint density at radius 2 is 2.10 bits per heavy atom. The number of hydrogen-bond donors (Lipinski definition) is 3. The van der Waals surface area contributed by atoms with Gasteiger partial charge in [0, 0.05) is 6.20 Å². The Morgan fingerprint density at radius 3 is 2.77 bits per heavy atom. The van der Waals surface area contributed by atoms with E-state index in [2.05, 4.69) is 20.9 Å². The van der Waals surface area contributed by atoms with Gasteiger partial charge in [-0.15, -0.1) is 0 Å². The van der Waals surface area contributed by atoms with Gasteiger partial charge in [-0.2, -0.15) is 5.26 Å². The zero-order valence-electron chi connectivity index (χ0n) is 15.7. The van der Waals surface area contributed by atoms with E-state index in [4.69, 9.17) is 5.26 Å². The lowest BCUT2D eigenvalue weighted by molar-refractivity contribution is -0.121. The summed E-state index contributed by atoms with van der Waals surface area (Å²) in [5.41, 5.74) is -0.0248. The lowest BCUT2D eigenvalue weighted by atomic mass is 10.1. The van der Waals surface area contributed by atoms with E-state index in [0.717, 1.165) is 6.07 Å². The molecular formula is C17H15F2N6O4S. The van der Waals surface area contributed by atoms with Gasteiger partial charge in [-0.25, -0.2) is 31.3 Å². The molecule has 0 saturated heterocycles. The second-order valence-corrected chi connectivity index (χ2v) is 8.18. The molecule has 0 fully saturated rings. The SMILES string of the molecule is C[C]1NC=C(C#N)N=C1[C@@H](C)NC(=O)CN1C(=O)Nc2ccc(F)c(F)c2S1(=O)=O. The van der Waals surface area contributed by atoms with Crippen LogP contribution in [0.2, 0.25) is 0 Å². The molecule has 1 radical (unpaired) electrons. The summed E-state index contributed by atoms with van der Waals surface area (Å²) >= 11 is 0. The van der Waals surface area contributed by atoms with Gasteiger partial charge in [0.05, 0.1) is 17.4 Å². The summed E-state index contributed by atoms with van der Waals surface area (Å²) < 4.78 is 53.0. The molecule has 0 bridgehead atoms. The summed E-state index contributed by atoms with van der Waals surface area (Å²) in [5.74, 6) is -3.97. The molecular weight excluding hydrogens is 422 g/mol. The minimum absolute atomic E-state index is 0.0730. The first-order valence-electron chi connectivity index (χ1n) is 8.46. The molecule has 0 saturated carbocycles. The van der Waals surface area contributed by atoms with Crippen molar-refractivity contribution < 1.29 is 26.8 Å². The molecule has 1 atom stereocenters. The molecule has 10 nitrogen and oxygen atoms in total. The number of nitriles is 1. The number of carbonyl (C=O) groups excluding carboxylic acids is 2. The van der Waals surface area contributed by atoms with Crippen molar-refractivity contribution in [3.63, 3.8) is 0 Å². The molecule has 13 heteroatoms. The maximum Gasteiger partial charge on any atom is 0.336 e. The molecule has 0 aliphatic carbocycles. The van der Waals surface area contributed by atoms with Crippen LogP contribution >= 0.6 is 0 Å². The van der Waals surface area contributed by atoms with E-state index in [0.29, 0.717) is 17.8 Å². The van der Waals surface area contributed by atoms with Gasteiger partial charge >= 0.3 is 6.03 Å². The number of halogens is 2. The van der Waals surface area contributed by atoms with Crippen LogP contribution in [0.25, 0.3) is 0 Å². The fourth-order valence-corrected chi connectivity index (χ4v) is 4.39. The molecule has 2 aliphatic heterocycles. The first-order chi connectivity index (χ1) is 14.1. The highest BCUT2D eigenvalue weighted by Crippen LogP contribution is 2.33. The van der Waals surface area contributed by atoms with Gasteiger partial charge in [0.1, 0.15) is 23.6 Å². The van der Waals surface area contributed by atoms with E-state index in [-0.39, 0.29) is 10.0 Å². The molecule has 2 heterocycles. The van der Waals surface area contributed by atoms with Crippen LogP contribution < -0.4 is 16.0 Å². The summed E-state index contributed by atoms with van der Waals surface area (Å²) in [4.78, 5) is 27.6. The van der Waals surface area contributed by atoms with Gasteiger partial charge in [0.15, 0.2) is 17.3 Å². The molecule has 2 aliphatic rings. The van der Waals surface area contributed by atoms with Crippen molar-refractivity contribution in [2.24, 2.45) is 4.99 Å². The molecule has 157 valence electrons. The summed E-state index contributed by atoms with van der Waals surface area (Å²) in [6, 6.07) is 2.04. The number of anilines is 1. The van der Waals surface area contributed by atoms with Gasteiger partial charge < -0.3 is 16.0 Å². The summed E-state index contributed by atoms with van der Waals surface area (Å²) in [5, 5.41) is 16.3. The average molecular weight is 437 g/mol. The summed E-state index contributed by atoms with van der Waals surface area (Å²) in [7, 11) is -4.82. The van der Waals surface area contributed by atoms with E-state index in [1.165, 1.54) is 13.1 Å². The van der Waals surface area contributed by atoms with E-state index >= 15 is 0 Å². The lowest BCUT2D eigenvalue weighted by Gasteiger charge is -2.29. The maximum atomic E-state index is 14.1. The monoisotopic (exact) mass is 437 g/mol. The number of carbonyl (C=O) groups is 2. The number of urea groups is 1. The first kappa shape index (κ1) is 21.2. The molecule has 0 aromatic heterocycles. The minimum Gasteiger partial charge on any atom is -0.376 e. The topological polar surface area (TPSA) is 144 Å². The molecule has 3 N–H and O–H groups in total. The van der Waals surface area contributed by atoms with Gasteiger partial charge in [0.25, 0.3) is 10.0 Å². The Morgan fingerprint density at radius 1 is 1.40 bits per heavy atom. The highest BCUT2D eigenvalue weighted by molar-refractivity contribution is 7.90. The number of aliphatic imine (C=N–C) groups is 1. The van der Waals surface area contributed by atoms with Crippen molar-refractivity contribution in [1.82, 2.24) is 14.9 Å². The Labute approximate surface area is 170 Å². The van der Waals surface area contributed by atoms with Crippen LogP contribution in [-0.4, -0.2) is 43.0 Å². The molecule has 3 rings (SSSR count). The molecule has 0 spiro atoms. The Bertz CT molecular complexity index is 1140. The number of allylic oxidation sites excluding steroid dienone is 1. The van der Waals surface area contributed by atoms with Crippen LogP contribution in [0.15, 0.2) is 33.9 Å². The molecule has 30 heavy (non-hydrogen) atoms. The highest BCUT2D eigenvalue weighted by atomic mass is 32.2. The lowest BCUT2D eigenvalue weighted by Crippen LogP contribution is -2.52. The van der Waals surface area contributed by atoms with Crippen molar-refractivity contribution in [2.75, 3.05) is 11.9 Å². The number of amides is 3. The number of benzene rings is 1. The van der Waals surface area contributed by atoms with Crippen molar-refractivity contribution in [3.8, 4) is 6.07 Å². The zero-order chi connectivity index (χ0) is 22.2. The van der Waals surface area contributed by atoms with Gasteiger partial charge in [-0.3, -0.25) is 4.79 Å². The van der Waals surface area contributed by atoms with E-state index < -0.39 is 56.8 Å². The number of sulfonamides is 1. The van der Waals surface area contributed by atoms with Crippen LogP contribution in [-0.2, 0) is 14.8 Å². The zero-order valence-corrected chi connectivity index (χ0v) is 16.5. The predicted octanol–water partition coefficient (Wildman–Crippen LogP) is 0.967. The number of hydrogen-bond acceptors (Lipinski definition) is 7. The largest absolute Gasteiger partial charge is 0.376 e. The van der Waals surface area contributed by atoms with Gasteiger partial charge in [0.2, 0.25) is 5.91 Å². The average Bonchev–Trinajstić information content (AvgIpc) is 2.68. The molecule has 1 aromatic carbocycles. The number of nitrogens with zero attached hydrogens (tertiary/aromatic N) is 3. The fourth-order valence-electron chi connectivity index (χ4n) is 2.90. The standard InChI is InChI=1S/C17H15F2N6O4S/c1-8-15(23-10(5-20)6-21-8)9(2)22-13(26)7-25-17(27)24-12-4-3-11(18)14(19)16(12)30(25,28)29/h3-4,6,9,21H,7H2,1-2H3,(H,22,26)(H,24,27)/t9-/m1/s1. The number of rotatable bonds is 4. The first-order valence-corrected chi connectivity index (χ1v) is 9.90. The van der Waals surface area contributed by atoms with E-state index in [1.54, 1.807) is 6.92 Å². The second-order valence-electron chi connectivity index (χ2n) is 6.38. The van der Waals surface area contributed by atoms with Crippen molar-refractivity contribution in [2.45, 2.75) is 24.8 Å². The Kier molecular flexibility index (Phi) is 5.45. The summed E-state index contributed by atoms with van der Waals surface area (Å²) in [6.45, 7) is 2.22. The van der Waals surface area contributed by atoms with Crippen LogP contribution in [0.1, 0.15) is 13.8 Å². The van der Waals surface area contributed by atoms with Crippen LogP contribution in [0.5, 0.6) is 0 Å². The Balaban J connectivity index is 1.81. The maximum absolute atomic E-state index is 14.1. The third kappa shape index (κ3) is 3.69. The Hall–Kier alpha value is -3.53. The molecule has 1 aromatic rings. The summed E-state index contributed by atoms with van der Waals surface area (Å²) in [6.07, 6.45) is 1.38. The van der Waals surface area contributed by atoms with Crippen LogP contribution in [0, 0.1) is 29.0 Å². The second kappa shape index (κ2) is 7.71. The van der Waals surface area contributed by atoms with Crippen LogP contribution in [0.4, 0.5) is 19.3 Å². The number of fused-ring (bicyclic) bond motifs is 1. The number of nitrogens with one attached hydrogen (secondary N) is 3. The third-order valence-electron chi connectivity index (χ3n) is 4.31. The van der Waals surface area contributed by atoms with Crippen molar-refractivity contribution in [1.29, 1.82) is 5.26 Å². The molecule has 3 amide bonds. The van der Waals surface area contributed by atoms with Gasteiger partial charge in [-0.1, -0.05) is 0 Å². The van der Waals surface area contributed by atoms with Crippen molar-refractivity contribution >= 4 is 33.4 Å². The quantitative estimate of drug-likeness (QED) is 0.640. The normalized spacial score (nSPS) is 18.8. The highest BCUT2D eigenvalue weighted by Gasteiger charge is 2.41. The minimum atomic E-state index is -4.82. The van der Waals surface area contributed by atoms with Crippen LogP contribution in [0.3, 0.4) is 0 Å². The predicted molar refractivity (Wildman–Crippen MR) is 100 cm³/mol. The smallest absolute Gasteiger partial charge is 0.336 e. The van der Waals surface area contributed by atoms with E-state index in [9.17, 15) is 26.8 Å². The third-order valence-corrected chi connectivity index (χ3v) is 6.10.